The second-order valence-corrected chi connectivity index (χ2v) is 8.26. The SMILES string of the molecule is CS(=O)(=O)NC[C@@H]1CCN(Cc2ccc(-c3ccccn3)cc2)C1. The van der Waals surface area contributed by atoms with Crippen LogP contribution in [0.4, 0.5) is 0 Å². The predicted octanol–water partition coefficient (Wildman–Crippen LogP) is 2.12. The smallest absolute Gasteiger partial charge is 0.208 e. The van der Waals surface area contributed by atoms with E-state index in [0.717, 1.165) is 37.3 Å². The Morgan fingerprint density at radius 2 is 2.00 bits per heavy atom. The summed E-state index contributed by atoms with van der Waals surface area (Å²) in [6, 6.07) is 14.4. The van der Waals surface area contributed by atoms with Crippen molar-refractivity contribution in [3.8, 4) is 11.3 Å². The van der Waals surface area contributed by atoms with Crippen LogP contribution in [-0.4, -0.2) is 44.2 Å². The molecular weight excluding hydrogens is 322 g/mol. The van der Waals surface area contributed by atoms with Gasteiger partial charge in [0.25, 0.3) is 0 Å². The number of benzene rings is 1. The summed E-state index contributed by atoms with van der Waals surface area (Å²) in [5.74, 6) is 0.396. The number of pyridine rings is 1. The molecule has 1 N–H and O–H groups in total. The van der Waals surface area contributed by atoms with Gasteiger partial charge in [0.05, 0.1) is 11.9 Å². The van der Waals surface area contributed by atoms with Crippen LogP contribution in [0, 0.1) is 5.92 Å². The largest absolute Gasteiger partial charge is 0.299 e. The van der Waals surface area contributed by atoms with Crippen molar-refractivity contribution in [2.24, 2.45) is 5.92 Å². The van der Waals surface area contributed by atoms with Gasteiger partial charge in [0, 0.05) is 31.4 Å². The number of hydrogen-bond acceptors (Lipinski definition) is 4. The number of nitrogens with one attached hydrogen (secondary N) is 1. The zero-order valence-electron chi connectivity index (χ0n) is 13.9. The molecule has 3 rings (SSSR count). The quantitative estimate of drug-likeness (QED) is 0.871. The van der Waals surface area contributed by atoms with E-state index in [2.05, 4.69) is 38.9 Å². The topological polar surface area (TPSA) is 62.3 Å². The lowest BCUT2D eigenvalue weighted by Crippen LogP contribution is -2.30. The molecule has 1 fully saturated rings. The van der Waals surface area contributed by atoms with Gasteiger partial charge in [-0.15, -0.1) is 0 Å². The van der Waals surface area contributed by atoms with Crippen molar-refractivity contribution in [2.75, 3.05) is 25.9 Å². The van der Waals surface area contributed by atoms with E-state index in [-0.39, 0.29) is 0 Å². The molecule has 0 unspecified atom stereocenters. The highest BCUT2D eigenvalue weighted by atomic mass is 32.2. The molecule has 0 spiro atoms. The van der Waals surface area contributed by atoms with E-state index in [1.807, 2.05) is 18.2 Å². The Hall–Kier alpha value is -1.76. The molecule has 2 heterocycles. The Balaban J connectivity index is 1.54. The van der Waals surface area contributed by atoms with Gasteiger partial charge in [-0.25, -0.2) is 13.1 Å². The standard InChI is InChI=1S/C18H23N3O2S/c1-24(22,23)20-12-16-9-11-21(14-16)13-15-5-7-17(8-6-15)18-4-2-3-10-19-18/h2-8,10,16,20H,9,11-14H2,1H3/t16-/m0/s1. The zero-order valence-corrected chi connectivity index (χ0v) is 14.7. The number of nitrogens with zero attached hydrogens (tertiary/aromatic N) is 2. The summed E-state index contributed by atoms with van der Waals surface area (Å²) < 4.78 is 25.0. The zero-order chi connectivity index (χ0) is 17.0. The number of aromatic nitrogens is 1. The highest BCUT2D eigenvalue weighted by Gasteiger charge is 2.23. The number of hydrogen-bond donors (Lipinski definition) is 1. The van der Waals surface area contributed by atoms with Gasteiger partial charge in [-0.1, -0.05) is 30.3 Å². The third kappa shape index (κ3) is 4.87. The van der Waals surface area contributed by atoms with Crippen LogP contribution < -0.4 is 4.72 Å². The number of rotatable bonds is 6. The summed E-state index contributed by atoms with van der Waals surface area (Å²) in [4.78, 5) is 6.75. The van der Waals surface area contributed by atoms with Gasteiger partial charge >= 0.3 is 0 Å². The average molecular weight is 345 g/mol. The molecule has 1 saturated heterocycles. The fourth-order valence-electron chi connectivity index (χ4n) is 3.06. The molecule has 2 aromatic rings. The van der Waals surface area contributed by atoms with E-state index < -0.39 is 10.0 Å². The summed E-state index contributed by atoms with van der Waals surface area (Å²) >= 11 is 0. The number of likely N-dealkylation sites (tertiary alicyclic amines) is 1. The first-order valence-corrected chi connectivity index (χ1v) is 10.1. The van der Waals surface area contributed by atoms with Crippen molar-refractivity contribution in [3.63, 3.8) is 0 Å². The highest BCUT2D eigenvalue weighted by molar-refractivity contribution is 7.88. The molecule has 6 heteroatoms. The minimum Gasteiger partial charge on any atom is -0.299 e. The first-order valence-electron chi connectivity index (χ1n) is 8.17. The second kappa shape index (κ2) is 7.42. The monoisotopic (exact) mass is 345 g/mol. The van der Waals surface area contributed by atoms with Gasteiger partial charge in [-0.3, -0.25) is 9.88 Å². The molecule has 0 bridgehead atoms. The maximum Gasteiger partial charge on any atom is 0.208 e. The minimum atomic E-state index is -3.09. The fourth-order valence-corrected chi connectivity index (χ4v) is 3.60. The molecule has 1 aliphatic rings. The van der Waals surface area contributed by atoms with Gasteiger partial charge in [-0.2, -0.15) is 0 Å². The van der Waals surface area contributed by atoms with E-state index in [1.165, 1.54) is 11.8 Å². The summed E-state index contributed by atoms with van der Waals surface area (Å²) in [5, 5.41) is 0. The Labute approximate surface area is 143 Å². The Morgan fingerprint density at radius 1 is 1.21 bits per heavy atom. The lowest BCUT2D eigenvalue weighted by Gasteiger charge is -2.16. The van der Waals surface area contributed by atoms with E-state index in [0.29, 0.717) is 12.5 Å². The molecule has 1 aliphatic heterocycles. The lowest BCUT2D eigenvalue weighted by molar-refractivity contribution is 0.316. The Kier molecular flexibility index (Phi) is 5.28. The van der Waals surface area contributed by atoms with Crippen molar-refractivity contribution in [3.05, 3.63) is 54.2 Å². The summed E-state index contributed by atoms with van der Waals surface area (Å²) in [7, 11) is -3.09. The molecule has 0 radical (unpaired) electrons. The molecule has 1 aromatic heterocycles. The first-order chi connectivity index (χ1) is 11.5. The van der Waals surface area contributed by atoms with Gasteiger partial charge in [0.2, 0.25) is 10.0 Å². The molecule has 5 nitrogen and oxygen atoms in total. The van der Waals surface area contributed by atoms with Crippen LogP contribution in [0.5, 0.6) is 0 Å². The van der Waals surface area contributed by atoms with E-state index >= 15 is 0 Å². The van der Waals surface area contributed by atoms with Gasteiger partial charge in [0.15, 0.2) is 0 Å². The van der Waals surface area contributed by atoms with Crippen LogP contribution in [0.25, 0.3) is 11.3 Å². The molecular formula is C18H23N3O2S. The van der Waals surface area contributed by atoms with E-state index in [9.17, 15) is 8.42 Å². The van der Waals surface area contributed by atoms with Crippen molar-refractivity contribution >= 4 is 10.0 Å². The normalized spacial score (nSPS) is 18.8. The molecule has 0 amide bonds. The van der Waals surface area contributed by atoms with E-state index in [4.69, 9.17) is 0 Å². The molecule has 0 aliphatic carbocycles. The van der Waals surface area contributed by atoms with E-state index in [1.54, 1.807) is 6.20 Å². The summed E-state index contributed by atoms with van der Waals surface area (Å²) in [6.07, 6.45) is 4.05. The third-order valence-electron chi connectivity index (χ3n) is 4.32. The minimum absolute atomic E-state index is 0.396. The molecule has 24 heavy (non-hydrogen) atoms. The van der Waals surface area contributed by atoms with Crippen LogP contribution >= 0.6 is 0 Å². The Bertz CT molecular complexity index is 761. The van der Waals surface area contributed by atoms with Crippen LogP contribution in [0.3, 0.4) is 0 Å². The van der Waals surface area contributed by atoms with Crippen molar-refractivity contribution in [2.45, 2.75) is 13.0 Å². The molecule has 0 saturated carbocycles. The molecule has 128 valence electrons. The van der Waals surface area contributed by atoms with Crippen LogP contribution in [0.2, 0.25) is 0 Å². The second-order valence-electron chi connectivity index (χ2n) is 6.42. The average Bonchev–Trinajstić information content (AvgIpc) is 3.01. The number of sulfonamides is 1. The summed E-state index contributed by atoms with van der Waals surface area (Å²) in [6.45, 7) is 3.38. The van der Waals surface area contributed by atoms with Crippen LogP contribution in [0.1, 0.15) is 12.0 Å². The maximum atomic E-state index is 11.2. The van der Waals surface area contributed by atoms with Crippen molar-refractivity contribution in [1.29, 1.82) is 0 Å². The first kappa shape index (κ1) is 17.1. The third-order valence-corrected chi connectivity index (χ3v) is 5.02. The maximum absolute atomic E-state index is 11.2. The van der Waals surface area contributed by atoms with Gasteiger partial charge < -0.3 is 0 Å². The van der Waals surface area contributed by atoms with Crippen molar-refractivity contribution < 1.29 is 8.42 Å². The van der Waals surface area contributed by atoms with Gasteiger partial charge in [0.1, 0.15) is 0 Å². The molecule has 1 aromatic carbocycles. The Morgan fingerprint density at radius 3 is 2.67 bits per heavy atom. The van der Waals surface area contributed by atoms with Crippen LogP contribution in [-0.2, 0) is 16.6 Å². The fraction of sp³-hybridized carbons (Fsp3) is 0.389. The van der Waals surface area contributed by atoms with Crippen molar-refractivity contribution in [1.82, 2.24) is 14.6 Å². The summed E-state index contributed by atoms with van der Waals surface area (Å²) in [5.41, 5.74) is 3.37. The predicted molar refractivity (Wildman–Crippen MR) is 95.9 cm³/mol. The van der Waals surface area contributed by atoms with Gasteiger partial charge in [-0.05, 0) is 36.6 Å². The van der Waals surface area contributed by atoms with Crippen LogP contribution in [0.15, 0.2) is 48.7 Å². The molecule has 1 atom stereocenters. The lowest BCUT2D eigenvalue weighted by atomic mass is 10.1. The highest BCUT2D eigenvalue weighted by Crippen LogP contribution is 2.21.